The van der Waals surface area contributed by atoms with Gasteiger partial charge in [-0.2, -0.15) is 0 Å². The third kappa shape index (κ3) is 6.56. The molecule has 1 heterocycles. The SMILES string of the molecule is CNC(=O)c1cc(-c2cccnc2[C@H](Cc2cc(F)cc(F)c2)NC(=O)COc2ccccc2)ccc1F. The van der Waals surface area contributed by atoms with Gasteiger partial charge in [-0.15, -0.1) is 0 Å². The van der Waals surface area contributed by atoms with Crippen molar-refractivity contribution in [3.63, 3.8) is 0 Å². The smallest absolute Gasteiger partial charge is 0.258 e. The predicted octanol–water partition coefficient (Wildman–Crippen LogP) is 5.00. The minimum absolute atomic E-state index is 0.000726. The molecule has 194 valence electrons. The van der Waals surface area contributed by atoms with Crippen LogP contribution >= 0.6 is 0 Å². The number of amides is 2. The van der Waals surface area contributed by atoms with E-state index in [4.69, 9.17) is 4.74 Å². The summed E-state index contributed by atoms with van der Waals surface area (Å²) in [4.78, 5) is 29.5. The average Bonchev–Trinajstić information content (AvgIpc) is 2.91. The minimum Gasteiger partial charge on any atom is -0.484 e. The van der Waals surface area contributed by atoms with Gasteiger partial charge in [-0.1, -0.05) is 30.3 Å². The van der Waals surface area contributed by atoms with Crippen molar-refractivity contribution in [3.8, 4) is 16.9 Å². The minimum atomic E-state index is -0.840. The van der Waals surface area contributed by atoms with Gasteiger partial charge >= 0.3 is 0 Å². The highest BCUT2D eigenvalue weighted by molar-refractivity contribution is 5.95. The predicted molar refractivity (Wildman–Crippen MR) is 136 cm³/mol. The van der Waals surface area contributed by atoms with Crippen molar-refractivity contribution in [1.29, 1.82) is 0 Å². The number of carbonyl (C=O) groups excluding carboxylic acids is 2. The third-order valence-electron chi connectivity index (χ3n) is 5.73. The molecule has 9 heteroatoms. The standard InChI is InChI=1S/C29H24F3N3O3/c1-33-29(37)24-15-19(9-10-25(24)32)23-8-5-11-34-28(23)26(14-18-12-20(30)16-21(31)13-18)35-27(36)17-38-22-6-3-2-4-7-22/h2-13,15-16,26H,14,17H2,1H3,(H,33,37)(H,35,36)/t26-/m0/s1. The fourth-order valence-electron chi connectivity index (χ4n) is 4.02. The molecule has 0 aliphatic rings. The molecule has 0 spiro atoms. The van der Waals surface area contributed by atoms with Crippen molar-refractivity contribution < 1.29 is 27.5 Å². The lowest BCUT2D eigenvalue weighted by atomic mass is 9.94. The average molecular weight is 520 g/mol. The van der Waals surface area contributed by atoms with Crippen LogP contribution in [0.25, 0.3) is 11.1 Å². The summed E-state index contributed by atoms with van der Waals surface area (Å²) in [5.41, 5.74) is 1.46. The van der Waals surface area contributed by atoms with Crippen LogP contribution in [0.4, 0.5) is 13.2 Å². The Balaban J connectivity index is 1.69. The number of aromatic nitrogens is 1. The number of nitrogens with one attached hydrogen (secondary N) is 2. The Bertz CT molecular complexity index is 1430. The lowest BCUT2D eigenvalue weighted by Crippen LogP contribution is -2.34. The highest BCUT2D eigenvalue weighted by Crippen LogP contribution is 2.30. The van der Waals surface area contributed by atoms with Crippen LogP contribution in [0, 0.1) is 17.5 Å². The van der Waals surface area contributed by atoms with Crippen molar-refractivity contribution in [2.24, 2.45) is 0 Å². The molecular formula is C29H24F3N3O3. The van der Waals surface area contributed by atoms with Crippen LogP contribution in [0.3, 0.4) is 0 Å². The van der Waals surface area contributed by atoms with E-state index in [-0.39, 0.29) is 18.6 Å². The molecule has 38 heavy (non-hydrogen) atoms. The van der Waals surface area contributed by atoms with E-state index in [0.717, 1.165) is 6.07 Å². The zero-order valence-electron chi connectivity index (χ0n) is 20.4. The molecule has 0 bridgehead atoms. The summed E-state index contributed by atoms with van der Waals surface area (Å²) in [7, 11) is 1.39. The number of halogens is 3. The van der Waals surface area contributed by atoms with Gasteiger partial charge in [0.1, 0.15) is 23.2 Å². The number of carbonyl (C=O) groups is 2. The van der Waals surface area contributed by atoms with Gasteiger partial charge in [-0.05, 0) is 60.0 Å². The largest absolute Gasteiger partial charge is 0.484 e. The number of hydrogen-bond acceptors (Lipinski definition) is 4. The lowest BCUT2D eigenvalue weighted by Gasteiger charge is -2.22. The molecule has 3 aromatic carbocycles. The molecule has 0 aliphatic heterocycles. The molecular weight excluding hydrogens is 495 g/mol. The number of para-hydroxylation sites is 1. The molecule has 1 aromatic heterocycles. The number of nitrogens with zero attached hydrogens (tertiary/aromatic N) is 1. The van der Waals surface area contributed by atoms with Gasteiger partial charge in [0.25, 0.3) is 11.8 Å². The van der Waals surface area contributed by atoms with E-state index in [1.165, 1.54) is 43.6 Å². The molecule has 4 rings (SSSR count). The summed E-state index contributed by atoms with van der Waals surface area (Å²) in [5, 5.41) is 5.23. The van der Waals surface area contributed by atoms with Crippen molar-refractivity contribution >= 4 is 11.8 Å². The van der Waals surface area contributed by atoms with Gasteiger partial charge in [0, 0.05) is 24.9 Å². The fourth-order valence-corrected chi connectivity index (χ4v) is 4.02. The number of rotatable bonds is 9. The maximum Gasteiger partial charge on any atom is 0.258 e. The highest BCUT2D eigenvalue weighted by atomic mass is 19.1. The lowest BCUT2D eigenvalue weighted by molar-refractivity contribution is -0.123. The van der Waals surface area contributed by atoms with Gasteiger partial charge in [-0.25, -0.2) is 13.2 Å². The Hall–Kier alpha value is -4.66. The zero-order valence-corrected chi connectivity index (χ0v) is 20.4. The van der Waals surface area contributed by atoms with Crippen LogP contribution < -0.4 is 15.4 Å². The number of benzene rings is 3. The van der Waals surface area contributed by atoms with Crippen LogP contribution in [0.5, 0.6) is 5.75 Å². The van der Waals surface area contributed by atoms with E-state index in [2.05, 4.69) is 15.6 Å². The topological polar surface area (TPSA) is 80.3 Å². The number of ether oxygens (including phenoxy) is 1. The summed E-state index contributed by atoms with van der Waals surface area (Å²) in [6.07, 6.45) is 1.51. The second-order valence-corrected chi connectivity index (χ2v) is 8.41. The summed E-state index contributed by atoms with van der Waals surface area (Å²) in [6, 6.07) is 18.4. The third-order valence-corrected chi connectivity index (χ3v) is 5.73. The Labute approximate surface area is 217 Å². The zero-order chi connectivity index (χ0) is 27.1. The van der Waals surface area contributed by atoms with Gasteiger partial charge in [0.15, 0.2) is 6.61 Å². The molecule has 0 radical (unpaired) electrons. The molecule has 1 atom stereocenters. The molecule has 0 aliphatic carbocycles. The second-order valence-electron chi connectivity index (χ2n) is 8.41. The number of pyridine rings is 1. The summed E-state index contributed by atoms with van der Waals surface area (Å²) >= 11 is 0. The van der Waals surface area contributed by atoms with Crippen molar-refractivity contribution in [1.82, 2.24) is 15.6 Å². The van der Waals surface area contributed by atoms with E-state index in [0.29, 0.717) is 28.1 Å². The summed E-state index contributed by atoms with van der Waals surface area (Å²) in [6.45, 7) is -0.308. The second kappa shape index (κ2) is 12.1. The first-order valence-corrected chi connectivity index (χ1v) is 11.7. The van der Waals surface area contributed by atoms with Gasteiger partial charge in [0.2, 0.25) is 0 Å². The first kappa shape index (κ1) is 26.4. The van der Waals surface area contributed by atoms with Crippen molar-refractivity contribution in [3.05, 3.63) is 119 Å². The van der Waals surface area contributed by atoms with E-state index >= 15 is 0 Å². The van der Waals surface area contributed by atoms with E-state index in [1.807, 2.05) is 6.07 Å². The van der Waals surface area contributed by atoms with Crippen molar-refractivity contribution in [2.75, 3.05) is 13.7 Å². The van der Waals surface area contributed by atoms with Crippen LogP contribution in [-0.4, -0.2) is 30.5 Å². The summed E-state index contributed by atoms with van der Waals surface area (Å²) in [5.74, 6) is -2.81. The fraction of sp³-hybridized carbons (Fsp3) is 0.138. The van der Waals surface area contributed by atoms with Gasteiger partial charge in [-0.3, -0.25) is 14.6 Å². The van der Waals surface area contributed by atoms with E-state index in [1.54, 1.807) is 36.4 Å². The van der Waals surface area contributed by atoms with Crippen LogP contribution in [-0.2, 0) is 11.2 Å². The van der Waals surface area contributed by atoms with Gasteiger partial charge in [0.05, 0.1) is 17.3 Å². The highest BCUT2D eigenvalue weighted by Gasteiger charge is 2.23. The van der Waals surface area contributed by atoms with Crippen LogP contribution in [0.15, 0.2) is 85.1 Å². The normalized spacial score (nSPS) is 11.5. The quantitative estimate of drug-likeness (QED) is 0.326. The maximum atomic E-state index is 14.3. The number of hydrogen-bond donors (Lipinski definition) is 2. The molecule has 2 amide bonds. The Morgan fingerprint density at radius 1 is 0.921 bits per heavy atom. The van der Waals surface area contributed by atoms with Crippen molar-refractivity contribution in [2.45, 2.75) is 12.5 Å². The molecule has 6 nitrogen and oxygen atoms in total. The molecule has 4 aromatic rings. The maximum absolute atomic E-state index is 14.3. The molecule has 2 N–H and O–H groups in total. The van der Waals surface area contributed by atoms with E-state index in [9.17, 15) is 22.8 Å². The summed E-state index contributed by atoms with van der Waals surface area (Å²) < 4.78 is 47.8. The Morgan fingerprint density at radius 2 is 1.66 bits per heavy atom. The van der Waals surface area contributed by atoms with E-state index < -0.39 is 35.3 Å². The Morgan fingerprint density at radius 3 is 2.37 bits per heavy atom. The van der Waals surface area contributed by atoms with Gasteiger partial charge < -0.3 is 15.4 Å². The molecule has 0 saturated heterocycles. The Kier molecular flexibility index (Phi) is 8.37. The molecule has 0 fully saturated rings. The molecule has 0 unspecified atom stereocenters. The van der Waals surface area contributed by atoms with Crippen LogP contribution in [0.2, 0.25) is 0 Å². The first-order valence-electron chi connectivity index (χ1n) is 11.7. The van der Waals surface area contributed by atoms with Crippen LogP contribution in [0.1, 0.15) is 27.7 Å². The molecule has 0 saturated carbocycles. The monoisotopic (exact) mass is 519 g/mol. The first-order chi connectivity index (χ1) is 18.3.